The average Bonchev–Trinajstić information content (AvgIpc) is 2.64. The molecule has 0 aliphatic heterocycles. The van der Waals surface area contributed by atoms with Crippen LogP contribution in [-0.2, 0) is 0 Å². The van der Waals surface area contributed by atoms with Gasteiger partial charge in [-0.1, -0.05) is 31.9 Å². The van der Waals surface area contributed by atoms with Gasteiger partial charge in [0.2, 0.25) is 11.8 Å². The molecule has 0 amide bonds. The summed E-state index contributed by atoms with van der Waals surface area (Å²) in [6, 6.07) is 5.74. The summed E-state index contributed by atoms with van der Waals surface area (Å²) >= 11 is 12.7. The third-order valence-corrected chi connectivity index (χ3v) is 2.99. The third kappa shape index (κ3) is 2.64. The molecule has 0 bridgehead atoms. The summed E-state index contributed by atoms with van der Waals surface area (Å²) in [6.45, 7) is 1.79. The van der Waals surface area contributed by atoms with Gasteiger partial charge in [-0.2, -0.15) is 0 Å². The predicted molar refractivity (Wildman–Crippen MR) is 69.4 cm³/mol. The molecule has 1 heterocycles. The van der Waals surface area contributed by atoms with Crippen molar-refractivity contribution in [2.75, 3.05) is 0 Å². The fourth-order valence-electron chi connectivity index (χ4n) is 1.19. The molecule has 3 nitrogen and oxygen atoms in total. The number of rotatable bonds is 2. The maximum atomic E-state index is 5.85. The highest BCUT2D eigenvalue weighted by Gasteiger charge is 2.13. The molecule has 0 fully saturated rings. The zero-order chi connectivity index (χ0) is 11.7. The Hall–Kier alpha value is -0.390. The minimum Gasteiger partial charge on any atom is -0.419 e. The zero-order valence-corrected chi connectivity index (χ0v) is 12.2. The van der Waals surface area contributed by atoms with Crippen molar-refractivity contribution in [3.63, 3.8) is 0 Å². The van der Waals surface area contributed by atoms with Crippen molar-refractivity contribution in [3.05, 3.63) is 33.0 Å². The Labute approximate surface area is 114 Å². The Morgan fingerprint density at radius 3 is 2.31 bits per heavy atom. The van der Waals surface area contributed by atoms with E-state index in [1.165, 1.54) is 0 Å². The van der Waals surface area contributed by atoms with Gasteiger partial charge in [-0.3, -0.25) is 0 Å². The van der Waals surface area contributed by atoms with Crippen molar-refractivity contribution >= 4 is 43.5 Å². The van der Waals surface area contributed by atoms with E-state index in [0.29, 0.717) is 11.8 Å². The summed E-state index contributed by atoms with van der Waals surface area (Å²) < 4.78 is 7.33. The molecule has 0 N–H and O–H groups in total. The Balaban J connectivity index is 2.42. The lowest BCUT2D eigenvalue weighted by Gasteiger charge is -1.98. The van der Waals surface area contributed by atoms with E-state index in [0.717, 1.165) is 14.5 Å². The Kier molecular flexibility index (Phi) is 3.66. The van der Waals surface area contributed by atoms with Crippen LogP contribution >= 0.6 is 43.5 Å². The molecule has 0 aliphatic carbocycles. The first-order valence-corrected chi connectivity index (χ1v) is 6.52. The van der Waals surface area contributed by atoms with E-state index in [-0.39, 0.29) is 5.38 Å². The number of alkyl halides is 1. The number of aromatic nitrogens is 2. The van der Waals surface area contributed by atoms with E-state index in [4.69, 9.17) is 16.0 Å². The van der Waals surface area contributed by atoms with Crippen molar-refractivity contribution in [1.29, 1.82) is 0 Å². The van der Waals surface area contributed by atoms with Gasteiger partial charge in [-0.05, 0) is 25.1 Å². The molecule has 0 radical (unpaired) electrons. The third-order valence-electron chi connectivity index (χ3n) is 1.89. The van der Waals surface area contributed by atoms with Gasteiger partial charge in [-0.15, -0.1) is 21.8 Å². The Morgan fingerprint density at radius 2 is 1.81 bits per heavy atom. The summed E-state index contributed by atoms with van der Waals surface area (Å²) in [5.41, 5.74) is 0.845. The number of hydrogen-bond acceptors (Lipinski definition) is 3. The first kappa shape index (κ1) is 12.1. The minimum absolute atomic E-state index is 0.281. The topological polar surface area (TPSA) is 38.9 Å². The second kappa shape index (κ2) is 4.85. The van der Waals surface area contributed by atoms with Crippen LogP contribution in [0.5, 0.6) is 0 Å². The molecular weight excluding hydrogens is 359 g/mol. The van der Waals surface area contributed by atoms with Gasteiger partial charge in [0.1, 0.15) is 5.38 Å². The summed E-state index contributed by atoms with van der Waals surface area (Å²) in [5, 5.41) is 7.54. The van der Waals surface area contributed by atoms with Crippen molar-refractivity contribution in [1.82, 2.24) is 10.2 Å². The smallest absolute Gasteiger partial charge is 0.247 e. The predicted octanol–water partition coefficient (Wildman–Crippen LogP) is 4.56. The van der Waals surface area contributed by atoms with Gasteiger partial charge >= 0.3 is 0 Å². The van der Waals surface area contributed by atoms with E-state index in [2.05, 4.69) is 42.1 Å². The molecule has 0 aliphatic rings. The maximum absolute atomic E-state index is 5.85. The zero-order valence-electron chi connectivity index (χ0n) is 8.25. The highest BCUT2D eigenvalue weighted by Crippen LogP contribution is 2.28. The lowest BCUT2D eigenvalue weighted by atomic mass is 10.2. The molecule has 6 heteroatoms. The fraction of sp³-hybridized carbons (Fsp3) is 0.200. The Bertz CT molecular complexity index is 493. The highest BCUT2D eigenvalue weighted by molar-refractivity contribution is 9.11. The van der Waals surface area contributed by atoms with E-state index in [9.17, 15) is 0 Å². The van der Waals surface area contributed by atoms with Crippen LogP contribution in [0.25, 0.3) is 11.5 Å². The van der Waals surface area contributed by atoms with E-state index >= 15 is 0 Å². The van der Waals surface area contributed by atoms with Gasteiger partial charge in [0.25, 0.3) is 0 Å². The van der Waals surface area contributed by atoms with E-state index in [1.807, 2.05) is 18.2 Å². The van der Waals surface area contributed by atoms with Gasteiger partial charge in [-0.25, -0.2) is 0 Å². The van der Waals surface area contributed by atoms with Crippen LogP contribution in [0.1, 0.15) is 18.2 Å². The second-order valence-corrected chi connectivity index (χ2v) is 5.71. The van der Waals surface area contributed by atoms with Gasteiger partial charge in [0.15, 0.2) is 0 Å². The van der Waals surface area contributed by atoms with Crippen LogP contribution in [-0.4, -0.2) is 10.2 Å². The van der Waals surface area contributed by atoms with Crippen molar-refractivity contribution in [2.45, 2.75) is 12.3 Å². The summed E-state index contributed by atoms with van der Waals surface area (Å²) in [4.78, 5) is 0. The standard InChI is InChI=1S/C10H7Br2ClN2O/c1-5(13)9-14-15-10(16-9)6-2-7(11)4-8(12)3-6/h2-5H,1H3. The summed E-state index contributed by atoms with van der Waals surface area (Å²) in [7, 11) is 0. The average molecular weight is 366 g/mol. The number of hydrogen-bond donors (Lipinski definition) is 0. The van der Waals surface area contributed by atoms with Crippen molar-refractivity contribution < 1.29 is 4.42 Å². The van der Waals surface area contributed by atoms with Crippen LogP contribution < -0.4 is 0 Å². The monoisotopic (exact) mass is 364 g/mol. The van der Waals surface area contributed by atoms with Crippen LogP contribution in [0.4, 0.5) is 0 Å². The van der Waals surface area contributed by atoms with Crippen LogP contribution in [0.15, 0.2) is 31.6 Å². The van der Waals surface area contributed by atoms with Crippen LogP contribution in [0.2, 0.25) is 0 Å². The fourth-order valence-corrected chi connectivity index (χ4v) is 2.57. The van der Waals surface area contributed by atoms with Crippen LogP contribution in [0, 0.1) is 0 Å². The van der Waals surface area contributed by atoms with Crippen LogP contribution in [0.3, 0.4) is 0 Å². The molecule has 16 heavy (non-hydrogen) atoms. The lowest BCUT2D eigenvalue weighted by molar-refractivity contribution is 0.507. The quantitative estimate of drug-likeness (QED) is 0.732. The first-order chi connectivity index (χ1) is 7.56. The molecule has 0 saturated carbocycles. The Morgan fingerprint density at radius 1 is 1.19 bits per heavy atom. The van der Waals surface area contributed by atoms with Gasteiger partial charge in [0, 0.05) is 14.5 Å². The first-order valence-electron chi connectivity index (χ1n) is 4.50. The van der Waals surface area contributed by atoms with Crippen molar-refractivity contribution in [2.24, 2.45) is 0 Å². The van der Waals surface area contributed by atoms with E-state index in [1.54, 1.807) is 6.92 Å². The van der Waals surface area contributed by atoms with Crippen molar-refractivity contribution in [3.8, 4) is 11.5 Å². The molecule has 0 spiro atoms. The number of halogens is 3. The summed E-state index contributed by atoms with van der Waals surface area (Å²) in [5.74, 6) is 0.886. The van der Waals surface area contributed by atoms with E-state index < -0.39 is 0 Å². The molecule has 2 aromatic rings. The minimum atomic E-state index is -0.281. The SMILES string of the molecule is CC(Cl)c1nnc(-c2cc(Br)cc(Br)c2)o1. The molecule has 1 unspecified atom stereocenters. The number of nitrogens with zero attached hydrogens (tertiary/aromatic N) is 2. The largest absolute Gasteiger partial charge is 0.419 e. The van der Waals surface area contributed by atoms with Gasteiger partial charge < -0.3 is 4.42 Å². The second-order valence-electron chi connectivity index (χ2n) is 3.22. The normalized spacial score (nSPS) is 12.8. The van der Waals surface area contributed by atoms with Gasteiger partial charge in [0.05, 0.1) is 0 Å². The maximum Gasteiger partial charge on any atom is 0.247 e. The molecule has 1 aromatic heterocycles. The molecule has 1 aromatic carbocycles. The summed E-state index contributed by atoms with van der Waals surface area (Å²) in [6.07, 6.45) is 0. The lowest BCUT2D eigenvalue weighted by Crippen LogP contribution is -1.81. The molecule has 0 saturated heterocycles. The molecule has 1 atom stereocenters. The molecular formula is C10H7Br2ClN2O. The molecule has 2 rings (SSSR count). The molecule has 84 valence electrons. The number of benzene rings is 1. The highest BCUT2D eigenvalue weighted by atomic mass is 79.9.